The van der Waals surface area contributed by atoms with Gasteiger partial charge in [0.05, 0.1) is 19.8 Å². The number of piperidine rings is 2. The Morgan fingerprint density at radius 1 is 1.11 bits per heavy atom. The zero-order valence-corrected chi connectivity index (χ0v) is 22.0. The first-order chi connectivity index (χ1) is 16.8. The van der Waals surface area contributed by atoms with Crippen molar-refractivity contribution in [2.75, 3.05) is 59.1 Å². The molecule has 194 valence electrons. The number of amides is 2. The van der Waals surface area contributed by atoms with Crippen molar-refractivity contribution < 1.29 is 19.1 Å². The highest BCUT2D eigenvalue weighted by Gasteiger charge is 2.42. The van der Waals surface area contributed by atoms with Gasteiger partial charge < -0.3 is 24.2 Å². The zero-order valence-electron chi connectivity index (χ0n) is 21.2. The summed E-state index contributed by atoms with van der Waals surface area (Å²) in [5.41, 5.74) is -0.412. The van der Waals surface area contributed by atoms with E-state index in [1.165, 1.54) is 0 Å². The summed E-state index contributed by atoms with van der Waals surface area (Å²) in [5, 5.41) is 0.620. The highest BCUT2D eigenvalue weighted by molar-refractivity contribution is 6.30. The molecular weight excluding hydrogens is 466 g/mol. The van der Waals surface area contributed by atoms with Gasteiger partial charge in [-0.05, 0) is 70.8 Å². The lowest BCUT2D eigenvalue weighted by atomic mass is 9.76. The second-order valence-corrected chi connectivity index (χ2v) is 11.1. The number of ether oxygens (including phenoxy) is 2. The van der Waals surface area contributed by atoms with Gasteiger partial charge in [-0.25, -0.2) is 0 Å². The van der Waals surface area contributed by atoms with E-state index in [1.807, 2.05) is 28.0 Å². The van der Waals surface area contributed by atoms with E-state index in [0.717, 1.165) is 45.3 Å². The van der Waals surface area contributed by atoms with Crippen LogP contribution in [0.25, 0.3) is 0 Å². The van der Waals surface area contributed by atoms with Crippen molar-refractivity contribution in [3.8, 4) is 5.75 Å². The summed E-state index contributed by atoms with van der Waals surface area (Å²) < 4.78 is 11.6. The van der Waals surface area contributed by atoms with Crippen LogP contribution in [0.2, 0.25) is 5.02 Å². The molecule has 1 atom stereocenters. The van der Waals surface area contributed by atoms with E-state index in [4.69, 9.17) is 21.1 Å². The molecule has 8 heteroatoms. The Bertz CT molecular complexity index is 868. The maximum Gasteiger partial charge on any atom is 0.225 e. The minimum absolute atomic E-state index is 0.0737. The van der Waals surface area contributed by atoms with Crippen molar-refractivity contribution in [1.29, 1.82) is 0 Å². The van der Waals surface area contributed by atoms with Gasteiger partial charge in [0.1, 0.15) is 5.75 Å². The van der Waals surface area contributed by atoms with E-state index >= 15 is 0 Å². The predicted molar refractivity (Wildman–Crippen MR) is 137 cm³/mol. The molecule has 0 unspecified atom stereocenters. The van der Waals surface area contributed by atoms with E-state index in [9.17, 15) is 9.59 Å². The van der Waals surface area contributed by atoms with E-state index in [2.05, 4.69) is 18.7 Å². The Labute approximate surface area is 214 Å². The molecule has 3 aliphatic rings. The molecule has 3 saturated heterocycles. The number of benzene rings is 1. The molecule has 0 aromatic heterocycles. The molecule has 0 saturated carbocycles. The lowest BCUT2D eigenvalue weighted by Crippen LogP contribution is -2.53. The third-order valence-corrected chi connectivity index (χ3v) is 8.05. The average molecular weight is 506 g/mol. The van der Waals surface area contributed by atoms with Crippen molar-refractivity contribution in [3.63, 3.8) is 0 Å². The van der Waals surface area contributed by atoms with Crippen LogP contribution in [0.4, 0.5) is 0 Å². The van der Waals surface area contributed by atoms with Gasteiger partial charge in [0, 0.05) is 55.0 Å². The Balaban J connectivity index is 1.46. The molecule has 2 amide bonds. The Morgan fingerprint density at radius 2 is 1.86 bits per heavy atom. The molecule has 7 nitrogen and oxygen atoms in total. The smallest absolute Gasteiger partial charge is 0.225 e. The molecular formula is C27H40ClN3O4. The molecule has 0 bridgehead atoms. The quantitative estimate of drug-likeness (QED) is 0.565. The predicted octanol–water partition coefficient (Wildman–Crippen LogP) is 3.70. The van der Waals surface area contributed by atoms with Crippen molar-refractivity contribution in [2.24, 2.45) is 11.3 Å². The van der Waals surface area contributed by atoms with Crippen molar-refractivity contribution in [1.82, 2.24) is 14.7 Å². The van der Waals surface area contributed by atoms with E-state index < -0.39 is 5.41 Å². The molecule has 1 aromatic rings. The van der Waals surface area contributed by atoms with Crippen molar-refractivity contribution in [3.05, 3.63) is 29.3 Å². The first-order valence-electron chi connectivity index (χ1n) is 13.1. The lowest BCUT2D eigenvalue weighted by molar-refractivity contribution is -0.146. The fourth-order valence-corrected chi connectivity index (χ4v) is 5.85. The van der Waals surface area contributed by atoms with Gasteiger partial charge >= 0.3 is 0 Å². The van der Waals surface area contributed by atoms with Crippen LogP contribution in [0.3, 0.4) is 0 Å². The summed E-state index contributed by atoms with van der Waals surface area (Å²) in [5.74, 6) is 1.14. The Kier molecular flexibility index (Phi) is 8.95. The molecule has 1 aromatic carbocycles. The Morgan fingerprint density at radius 3 is 2.54 bits per heavy atom. The van der Waals surface area contributed by atoms with Gasteiger partial charge in [-0.1, -0.05) is 17.7 Å². The number of halogens is 1. The van der Waals surface area contributed by atoms with E-state index in [-0.39, 0.29) is 17.7 Å². The van der Waals surface area contributed by atoms with Gasteiger partial charge in [-0.15, -0.1) is 0 Å². The molecule has 4 rings (SSSR count). The zero-order chi connectivity index (χ0) is 24.8. The van der Waals surface area contributed by atoms with E-state index in [1.54, 1.807) is 6.07 Å². The maximum atomic E-state index is 13.6. The average Bonchev–Trinajstić information content (AvgIpc) is 2.88. The lowest BCUT2D eigenvalue weighted by Gasteiger charge is -2.45. The highest BCUT2D eigenvalue weighted by atomic mass is 35.5. The first kappa shape index (κ1) is 26.2. The summed E-state index contributed by atoms with van der Waals surface area (Å²) in [6, 6.07) is 7.88. The number of nitrogens with zero attached hydrogens (tertiary/aromatic N) is 3. The second kappa shape index (κ2) is 11.9. The largest absolute Gasteiger partial charge is 0.493 e. The van der Waals surface area contributed by atoms with Crippen LogP contribution in [0, 0.1) is 11.3 Å². The van der Waals surface area contributed by atoms with Gasteiger partial charge in [0.25, 0.3) is 0 Å². The number of likely N-dealkylation sites (tertiary alicyclic amines) is 2. The maximum absolute atomic E-state index is 13.6. The number of morpholine rings is 1. The molecule has 0 aliphatic carbocycles. The monoisotopic (exact) mass is 505 g/mol. The van der Waals surface area contributed by atoms with Crippen LogP contribution < -0.4 is 4.74 Å². The minimum atomic E-state index is -0.412. The summed E-state index contributed by atoms with van der Waals surface area (Å²) in [7, 11) is 0. The molecule has 3 fully saturated rings. The van der Waals surface area contributed by atoms with Gasteiger partial charge in [0.15, 0.2) is 0 Å². The number of hydrogen-bond donors (Lipinski definition) is 0. The van der Waals surface area contributed by atoms with Crippen molar-refractivity contribution in [2.45, 2.75) is 52.0 Å². The van der Waals surface area contributed by atoms with Gasteiger partial charge in [-0.2, -0.15) is 0 Å². The topological polar surface area (TPSA) is 62.3 Å². The third kappa shape index (κ3) is 6.89. The molecule has 0 N–H and O–H groups in total. The first-order valence-corrected chi connectivity index (χ1v) is 13.5. The third-order valence-electron chi connectivity index (χ3n) is 7.81. The SMILES string of the molecule is CC(C)N1CCC(C(=O)N2CCC[C@@](COc3cccc(Cl)c3)(CC(=O)N3CCOCC3)C2)CC1. The van der Waals surface area contributed by atoms with Crippen LogP contribution in [-0.2, 0) is 14.3 Å². The van der Waals surface area contributed by atoms with Crippen LogP contribution in [0.1, 0.15) is 46.0 Å². The summed E-state index contributed by atoms with van der Waals surface area (Å²) >= 11 is 6.16. The highest BCUT2D eigenvalue weighted by Crippen LogP contribution is 2.37. The number of hydrogen-bond acceptors (Lipinski definition) is 5. The normalized spacial score (nSPS) is 24.6. The van der Waals surface area contributed by atoms with Gasteiger partial charge in [0.2, 0.25) is 11.8 Å². The van der Waals surface area contributed by atoms with Crippen molar-refractivity contribution >= 4 is 23.4 Å². The number of carbonyl (C=O) groups excluding carboxylic acids is 2. The minimum Gasteiger partial charge on any atom is -0.493 e. The summed E-state index contributed by atoms with van der Waals surface area (Å²) in [6.07, 6.45) is 3.94. The van der Waals surface area contributed by atoms with Crippen LogP contribution in [-0.4, -0.2) is 91.6 Å². The molecule has 3 heterocycles. The van der Waals surface area contributed by atoms with Crippen LogP contribution in [0.15, 0.2) is 24.3 Å². The second-order valence-electron chi connectivity index (χ2n) is 10.7. The summed E-state index contributed by atoms with van der Waals surface area (Å²) in [4.78, 5) is 33.2. The van der Waals surface area contributed by atoms with Crippen LogP contribution in [0.5, 0.6) is 5.75 Å². The standard InChI is InChI=1S/C27H40ClN3O4/c1-21(2)29-11-7-22(8-12-29)26(33)31-10-4-9-27(19-31,18-25(32)30-13-15-34-16-14-30)20-35-24-6-3-5-23(28)17-24/h3,5-6,17,21-22H,4,7-16,18-20H2,1-2H3/t27-/m1/s1. The summed E-state index contributed by atoms with van der Waals surface area (Å²) in [6.45, 7) is 10.5. The van der Waals surface area contributed by atoms with Crippen LogP contribution >= 0.6 is 11.6 Å². The molecule has 0 radical (unpaired) electrons. The molecule has 3 aliphatic heterocycles. The molecule has 35 heavy (non-hydrogen) atoms. The molecule has 0 spiro atoms. The fourth-order valence-electron chi connectivity index (χ4n) is 5.67. The number of carbonyl (C=O) groups is 2. The van der Waals surface area contributed by atoms with Gasteiger partial charge in [-0.3, -0.25) is 9.59 Å². The number of rotatable bonds is 7. The Hall–Kier alpha value is -1.83. The fraction of sp³-hybridized carbons (Fsp3) is 0.704. The van der Waals surface area contributed by atoms with E-state index in [0.29, 0.717) is 62.7 Å².